The molecule has 0 spiro atoms. The second-order valence-electron chi connectivity index (χ2n) is 10.7. The molecule has 2 aromatic heterocycles. The van der Waals surface area contributed by atoms with Crippen molar-refractivity contribution in [2.75, 3.05) is 0 Å². The first-order valence-corrected chi connectivity index (χ1v) is 12.8. The van der Waals surface area contributed by atoms with Crippen molar-refractivity contribution in [3.05, 3.63) is 81.4 Å². The number of carbonyl (C=O) groups is 2. The van der Waals surface area contributed by atoms with Gasteiger partial charge in [0.2, 0.25) is 0 Å². The summed E-state index contributed by atoms with van der Waals surface area (Å²) in [6, 6.07) is 10.9. The molecule has 1 saturated carbocycles. The highest BCUT2D eigenvalue weighted by Gasteiger charge is 2.49. The maximum atomic E-state index is 13.6. The maximum Gasteiger partial charge on any atom is 0.341 e. The summed E-state index contributed by atoms with van der Waals surface area (Å²) in [4.78, 5) is 43.1. The number of aromatic nitrogens is 3. The van der Waals surface area contributed by atoms with Crippen molar-refractivity contribution in [3.63, 3.8) is 0 Å². The molecule has 0 saturated heterocycles. The van der Waals surface area contributed by atoms with E-state index in [1.807, 2.05) is 18.2 Å². The third-order valence-corrected chi connectivity index (χ3v) is 7.17. The van der Waals surface area contributed by atoms with Crippen LogP contribution in [0, 0.1) is 0 Å². The van der Waals surface area contributed by atoms with Crippen molar-refractivity contribution in [2.45, 2.75) is 69.6 Å². The molecule has 1 aliphatic carbocycles. The number of halogens is 1. The van der Waals surface area contributed by atoms with Crippen LogP contribution in [0.4, 0.5) is 0 Å². The molecule has 0 aliphatic heterocycles. The quantitative estimate of drug-likeness (QED) is 0.441. The lowest BCUT2D eigenvalue weighted by molar-refractivity contribution is -0.160. The fourth-order valence-electron chi connectivity index (χ4n) is 5.06. The molecule has 0 radical (unpaired) electrons. The predicted molar refractivity (Wildman–Crippen MR) is 143 cm³/mol. The van der Waals surface area contributed by atoms with E-state index in [1.54, 1.807) is 45.2 Å². The van der Waals surface area contributed by atoms with Gasteiger partial charge in [0.1, 0.15) is 17.2 Å². The molecule has 0 amide bonds. The molecule has 1 aromatic carbocycles. The average molecular weight is 539 g/mol. The Kier molecular flexibility index (Phi) is 7.71. The van der Waals surface area contributed by atoms with Gasteiger partial charge >= 0.3 is 11.9 Å². The van der Waals surface area contributed by atoms with Crippen molar-refractivity contribution in [3.8, 4) is 11.3 Å². The lowest BCUT2D eigenvalue weighted by atomic mass is 9.70. The highest BCUT2D eigenvalue weighted by atomic mass is 35.5. The Hall–Kier alpha value is -3.56. The molecular formula is C28H31ClN4O5. The Labute approximate surface area is 225 Å². The van der Waals surface area contributed by atoms with Gasteiger partial charge in [-0.3, -0.25) is 14.6 Å². The Balaban J connectivity index is 1.85. The van der Waals surface area contributed by atoms with Crippen LogP contribution in [0.5, 0.6) is 0 Å². The number of pyridine rings is 1. The van der Waals surface area contributed by atoms with E-state index in [9.17, 15) is 19.5 Å². The first-order chi connectivity index (χ1) is 17.9. The molecule has 10 heteroatoms. The molecule has 4 rings (SSSR count). The molecular weight excluding hydrogens is 508 g/mol. The van der Waals surface area contributed by atoms with Gasteiger partial charge in [0.15, 0.2) is 0 Å². The monoisotopic (exact) mass is 538 g/mol. The summed E-state index contributed by atoms with van der Waals surface area (Å²) in [5, 5.41) is 15.1. The number of hydrogen-bond acceptors (Lipinski definition) is 7. The van der Waals surface area contributed by atoms with Gasteiger partial charge in [-0.2, -0.15) is 5.10 Å². The predicted octanol–water partition coefficient (Wildman–Crippen LogP) is 4.38. The van der Waals surface area contributed by atoms with Gasteiger partial charge in [0.05, 0.1) is 11.2 Å². The zero-order chi connectivity index (χ0) is 27.7. The minimum Gasteiger partial charge on any atom is -0.477 e. The Morgan fingerprint density at radius 2 is 1.89 bits per heavy atom. The molecule has 1 aliphatic rings. The average Bonchev–Trinajstić information content (AvgIpc) is 2.88. The maximum absolute atomic E-state index is 13.6. The smallest absolute Gasteiger partial charge is 0.341 e. The van der Waals surface area contributed by atoms with Gasteiger partial charge in [-0.05, 0) is 88.3 Å². The van der Waals surface area contributed by atoms with Crippen molar-refractivity contribution in [2.24, 2.45) is 5.73 Å². The minimum atomic E-state index is -1.40. The largest absolute Gasteiger partial charge is 0.477 e. The van der Waals surface area contributed by atoms with Gasteiger partial charge in [-0.15, -0.1) is 0 Å². The van der Waals surface area contributed by atoms with E-state index >= 15 is 0 Å². The van der Waals surface area contributed by atoms with Crippen molar-refractivity contribution in [1.29, 1.82) is 0 Å². The summed E-state index contributed by atoms with van der Waals surface area (Å²) in [6.45, 7) is 5.20. The van der Waals surface area contributed by atoms with Gasteiger partial charge in [-0.1, -0.05) is 23.7 Å². The van der Waals surface area contributed by atoms with Crippen LogP contribution in [-0.4, -0.2) is 43.5 Å². The van der Waals surface area contributed by atoms with Crippen molar-refractivity contribution in [1.82, 2.24) is 14.8 Å². The Bertz CT molecular complexity index is 1390. The van der Waals surface area contributed by atoms with Crippen LogP contribution in [0.1, 0.15) is 68.3 Å². The van der Waals surface area contributed by atoms with Gasteiger partial charge in [0.25, 0.3) is 5.56 Å². The second kappa shape index (κ2) is 10.7. The van der Waals surface area contributed by atoms with Gasteiger partial charge in [-0.25, -0.2) is 9.48 Å². The minimum absolute atomic E-state index is 0.115. The zero-order valence-corrected chi connectivity index (χ0v) is 22.3. The molecule has 0 bridgehead atoms. The number of hydrogen-bond donors (Lipinski definition) is 2. The fourth-order valence-corrected chi connectivity index (χ4v) is 5.25. The molecule has 200 valence electrons. The third-order valence-electron chi connectivity index (χ3n) is 6.93. The highest BCUT2D eigenvalue weighted by molar-refractivity contribution is 6.30. The fraction of sp³-hybridized carbons (Fsp3) is 0.393. The molecule has 3 aromatic rings. The molecule has 3 N–H and O–H groups in total. The Morgan fingerprint density at radius 3 is 2.47 bits per heavy atom. The van der Waals surface area contributed by atoms with Crippen molar-refractivity contribution < 1.29 is 19.4 Å². The SMILES string of the molecule is CC(C)(C)OC(=O)C(N)C1(n2nc(-c3cccnc3)cc(C(=O)O)c2=O)CCC(c2cccc(Cl)c2)CC1. The summed E-state index contributed by atoms with van der Waals surface area (Å²) in [5.74, 6) is -1.97. The molecule has 9 nitrogen and oxygen atoms in total. The second-order valence-corrected chi connectivity index (χ2v) is 11.1. The lowest BCUT2D eigenvalue weighted by Crippen LogP contribution is -2.60. The number of nitrogens with zero attached hydrogens (tertiary/aromatic N) is 3. The van der Waals surface area contributed by atoms with E-state index in [2.05, 4.69) is 10.1 Å². The summed E-state index contributed by atoms with van der Waals surface area (Å²) < 4.78 is 6.72. The summed E-state index contributed by atoms with van der Waals surface area (Å²) in [5.41, 5.74) is 5.00. The number of carboxylic acids is 1. The van der Waals surface area contributed by atoms with Crippen LogP contribution in [0.2, 0.25) is 5.02 Å². The third kappa shape index (κ3) is 5.63. The van der Waals surface area contributed by atoms with Gasteiger partial charge < -0.3 is 15.6 Å². The van der Waals surface area contributed by atoms with E-state index in [4.69, 9.17) is 22.1 Å². The Morgan fingerprint density at radius 1 is 1.18 bits per heavy atom. The molecule has 1 fully saturated rings. The van der Waals surface area contributed by atoms with Crippen LogP contribution in [0.25, 0.3) is 11.3 Å². The van der Waals surface area contributed by atoms with Crippen LogP contribution >= 0.6 is 11.6 Å². The van der Waals surface area contributed by atoms with Gasteiger partial charge in [0, 0.05) is 23.0 Å². The van der Waals surface area contributed by atoms with E-state index in [-0.39, 0.29) is 11.6 Å². The first kappa shape index (κ1) is 27.5. The molecule has 38 heavy (non-hydrogen) atoms. The highest BCUT2D eigenvalue weighted by Crippen LogP contribution is 2.44. The zero-order valence-electron chi connectivity index (χ0n) is 21.6. The summed E-state index contributed by atoms with van der Waals surface area (Å²) >= 11 is 6.22. The van der Waals surface area contributed by atoms with E-state index in [0.29, 0.717) is 36.3 Å². The van der Waals surface area contributed by atoms with Crippen LogP contribution in [0.3, 0.4) is 0 Å². The molecule has 1 unspecified atom stereocenters. The number of nitrogens with two attached hydrogens (primary N) is 1. The van der Waals surface area contributed by atoms with Crippen molar-refractivity contribution >= 4 is 23.5 Å². The number of carboxylic acid groups (broad SMARTS) is 1. The van der Waals surface area contributed by atoms with Crippen LogP contribution in [-0.2, 0) is 15.1 Å². The number of esters is 1. The number of carbonyl (C=O) groups excluding carboxylic acids is 1. The molecule has 2 heterocycles. The number of rotatable bonds is 6. The topological polar surface area (TPSA) is 137 Å². The summed E-state index contributed by atoms with van der Waals surface area (Å²) in [7, 11) is 0. The van der Waals surface area contributed by atoms with E-state index in [0.717, 1.165) is 10.2 Å². The summed E-state index contributed by atoms with van der Waals surface area (Å²) in [6.07, 6.45) is 4.85. The number of aromatic carboxylic acids is 1. The number of benzene rings is 1. The normalized spacial score (nSPS) is 20.5. The van der Waals surface area contributed by atoms with E-state index < -0.39 is 40.2 Å². The standard InChI is InChI=1S/C28H31ClN4O5/c1-27(2,3)38-26(37)23(30)28(11-9-17(10-12-28)18-6-4-8-20(29)14-18)33-24(34)21(25(35)36)15-22(32-33)19-7-5-13-31-16-19/h4-8,13-17,23H,9-12,30H2,1-3H3,(H,35,36). The molecule has 1 atom stereocenters. The first-order valence-electron chi connectivity index (χ1n) is 12.4. The van der Waals surface area contributed by atoms with E-state index in [1.165, 1.54) is 12.3 Å². The lowest BCUT2D eigenvalue weighted by Gasteiger charge is -2.44. The van der Waals surface area contributed by atoms with Crippen LogP contribution in [0.15, 0.2) is 59.7 Å². The number of ether oxygens (including phenoxy) is 1. The van der Waals surface area contributed by atoms with Crippen LogP contribution < -0.4 is 11.3 Å².